The zero-order valence-corrected chi connectivity index (χ0v) is 12.1. The van der Waals surface area contributed by atoms with Crippen LogP contribution in [-0.2, 0) is 0 Å². The van der Waals surface area contributed by atoms with E-state index < -0.39 is 5.82 Å². The summed E-state index contributed by atoms with van der Waals surface area (Å²) in [4.78, 5) is 8.57. The number of halogens is 3. The molecule has 0 spiro atoms. The van der Waals surface area contributed by atoms with Crippen LogP contribution in [0.3, 0.4) is 0 Å². The summed E-state index contributed by atoms with van der Waals surface area (Å²) in [6.07, 6.45) is 2.17. The quantitative estimate of drug-likeness (QED) is 0.758. The first kappa shape index (κ1) is 12.8. The van der Waals surface area contributed by atoms with Crippen LogP contribution < -0.4 is 4.74 Å². The van der Waals surface area contributed by atoms with Gasteiger partial charge in [-0.3, -0.25) is 0 Å². The van der Waals surface area contributed by atoms with Crippen molar-refractivity contribution in [1.82, 2.24) is 9.97 Å². The number of hydrogen-bond acceptors (Lipinski definition) is 3. The highest BCUT2D eigenvalue weighted by atomic mass is 79.9. The van der Waals surface area contributed by atoms with Gasteiger partial charge >= 0.3 is 0 Å². The molecule has 1 aromatic carbocycles. The Kier molecular flexibility index (Phi) is 3.41. The highest BCUT2D eigenvalue weighted by molar-refractivity contribution is 9.10. The summed E-state index contributed by atoms with van der Waals surface area (Å²) in [5.41, 5.74) is 0. The fourth-order valence-electron chi connectivity index (χ4n) is 1.67. The summed E-state index contributed by atoms with van der Waals surface area (Å²) in [7, 11) is 0. The standard InChI is InChI=1S/C13H9BrClFN2O/c14-10-6-11(18-13(17-10)7-4-5-7)19-9-3-1-2-8(15)12(9)16/h1-3,6-7H,4-5H2. The van der Waals surface area contributed by atoms with E-state index in [2.05, 4.69) is 25.9 Å². The molecule has 19 heavy (non-hydrogen) atoms. The minimum Gasteiger partial charge on any atom is -0.436 e. The van der Waals surface area contributed by atoms with Gasteiger partial charge in [-0.05, 0) is 40.9 Å². The van der Waals surface area contributed by atoms with E-state index in [1.54, 1.807) is 12.1 Å². The molecule has 2 aromatic rings. The lowest BCUT2D eigenvalue weighted by molar-refractivity contribution is 0.424. The van der Waals surface area contributed by atoms with Gasteiger partial charge in [0.1, 0.15) is 10.4 Å². The highest BCUT2D eigenvalue weighted by Gasteiger charge is 2.27. The smallest absolute Gasteiger partial charge is 0.223 e. The van der Waals surface area contributed by atoms with Crippen molar-refractivity contribution in [3.63, 3.8) is 0 Å². The van der Waals surface area contributed by atoms with E-state index >= 15 is 0 Å². The van der Waals surface area contributed by atoms with Crippen LogP contribution in [0.1, 0.15) is 24.6 Å². The maximum absolute atomic E-state index is 13.7. The fourth-order valence-corrected chi connectivity index (χ4v) is 2.21. The molecule has 1 heterocycles. The third-order valence-corrected chi connectivity index (χ3v) is 3.46. The van der Waals surface area contributed by atoms with Gasteiger partial charge in [-0.1, -0.05) is 17.7 Å². The van der Waals surface area contributed by atoms with Crippen LogP contribution in [0.5, 0.6) is 11.6 Å². The lowest BCUT2D eigenvalue weighted by atomic mass is 10.3. The molecule has 1 saturated carbocycles. The number of aromatic nitrogens is 2. The van der Waals surface area contributed by atoms with E-state index in [-0.39, 0.29) is 10.8 Å². The largest absolute Gasteiger partial charge is 0.436 e. The molecule has 0 amide bonds. The van der Waals surface area contributed by atoms with E-state index in [9.17, 15) is 4.39 Å². The third kappa shape index (κ3) is 2.87. The summed E-state index contributed by atoms with van der Waals surface area (Å²) in [6.45, 7) is 0. The van der Waals surface area contributed by atoms with Gasteiger partial charge in [0.25, 0.3) is 0 Å². The molecule has 6 heteroatoms. The van der Waals surface area contributed by atoms with Crippen LogP contribution in [-0.4, -0.2) is 9.97 Å². The maximum atomic E-state index is 13.7. The van der Waals surface area contributed by atoms with Crippen LogP contribution in [0.4, 0.5) is 4.39 Å². The Bertz CT molecular complexity index is 634. The molecule has 1 aliphatic rings. The molecule has 98 valence electrons. The van der Waals surface area contributed by atoms with Crippen LogP contribution >= 0.6 is 27.5 Å². The van der Waals surface area contributed by atoms with Crippen molar-refractivity contribution in [2.75, 3.05) is 0 Å². The van der Waals surface area contributed by atoms with Gasteiger partial charge in [0.05, 0.1) is 5.02 Å². The third-order valence-electron chi connectivity index (χ3n) is 2.76. The number of ether oxygens (including phenoxy) is 1. The minimum absolute atomic E-state index is 0.0213. The summed E-state index contributed by atoms with van der Waals surface area (Å²) in [6, 6.07) is 6.20. The number of hydrogen-bond donors (Lipinski definition) is 0. The van der Waals surface area contributed by atoms with Crippen molar-refractivity contribution >= 4 is 27.5 Å². The predicted molar refractivity (Wildman–Crippen MR) is 73.2 cm³/mol. The van der Waals surface area contributed by atoms with Crippen LogP contribution in [0, 0.1) is 5.82 Å². The molecule has 0 unspecified atom stereocenters. The van der Waals surface area contributed by atoms with Gasteiger partial charge in [-0.2, -0.15) is 4.98 Å². The summed E-state index contributed by atoms with van der Waals surface area (Å²) < 4.78 is 19.8. The molecule has 0 atom stereocenters. The minimum atomic E-state index is -0.591. The van der Waals surface area contributed by atoms with E-state index in [1.165, 1.54) is 12.1 Å². The molecule has 1 fully saturated rings. The molecule has 3 rings (SSSR count). The first-order valence-electron chi connectivity index (χ1n) is 5.80. The lowest BCUT2D eigenvalue weighted by Crippen LogP contribution is -1.97. The topological polar surface area (TPSA) is 35.0 Å². The molecule has 1 aliphatic carbocycles. The summed E-state index contributed by atoms with van der Waals surface area (Å²) in [5.74, 6) is 0.896. The van der Waals surface area contributed by atoms with Crippen molar-refractivity contribution < 1.29 is 9.13 Å². The van der Waals surface area contributed by atoms with Gasteiger partial charge in [-0.25, -0.2) is 9.37 Å². The highest BCUT2D eigenvalue weighted by Crippen LogP contribution is 2.39. The van der Waals surface area contributed by atoms with Crippen molar-refractivity contribution in [3.05, 3.63) is 45.5 Å². The number of benzene rings is 1. The van der Waals surface area contributed by atoms with Gasteiger partial charge in [0, 0.05) is 12.0 Å². The van der Waals surface area contributed by atoms with E-state index in [1.807, 2.05) is 0 Å². The van der Waals surface area contributed by atoms with Crippen molar-refractivity contribution in [1.29, 1.82) is 0 Å². The Morgan fingerprint density at radius 2 is 2.11 bits per heavy atom. The van der Waals surface area contributed by atoms with Crippen molar-refractivity contribution in [2.24, 2.45) is 0 Å². The number of rotatable bonds is 3. The normalized spacial score (nSPS) is 14.5. The van der Waals surface area contributed by atoms with E-state index in [0.29, 0.717) is 16.4 Å². The van der Waals surface area contributed by atoms with E-state index in [4.69, 9.17) is 16.3 Å². The van der Waals surface area contributed by atoms with Gasteiger partial charge in [0.2, 0.25) is 5.88 Å². The predicted octanol–water partition coefficient (Wildman–Crippen LogP) is 4.70. The summed E-state index contributed by atoms with van der Waals surface area (Å²) in [5, 5.41) is 0.0213. The molecule has 1 aromatic heterocycles. The first-order valence-corrected chi connectivity index (χ1v) is 6.97. The SMILES string of the molecule is Fc1c(Cl)cccc1Oc1cc(Br)nc(C2CC2)n1. The fraction of sp³-hybridized carbons (Fsp3) is 0.231. The second-order valence-corrected chi connectivity index (χ2v) is 5.54. The molecular formula is C13H9BrClFN2O. The molecule has 0 bridgehead atoms. The van der Waals surface area contributed by atoms with E-state index in [0.717, 1.165) is 18.7 Å². The Balaban J connectivity index is 1.92. The first-order chi connectivity index (χ1) is 9.13. The van der Waals surface area contributed by atoms with Crippen LogP contribution in [0.25, 0.3) is 0 Å². The zero-order chi connectivity index (χ0) is 13.4. The Labute approximate surface area is 122 Å². The zero-order valence-electron chi connectivity index (χ0n) is 9.74. The molecular weight excluding hydrogens is 335 g/mol. The molecule has 0 aliphatic heterocycles. The van der Waals surface area contributed by atoms with Crippen molar-refractivity contribution in [2.45, 2.75) is 18.8 Å². The van der Waals surface area contributed by atoms with Crippen molar-refractivity contribution in [3.8, 4) is 11.6 Å². The van der Waals surface area contributed by atoms with Crippen LogP contribution in [0.2, 0.25) is 5.02 Å². The number of nitrogens with zero attached hydrogens (tertiary/aromatic N) is 2. The molecule has 0 radical (unpaired) electrons. The average molecular weight is 344 g/mol. The molecule has 3 nitrogen and oxygen atoms in total. The average Bonchev–Trinajstić information content (AvgIpc) is 3.18. The second kappa shape index (κ2) is 5.06. The molecule has 0 N–H and O–H groups in total. The van der Waals surface area contributed by atoms with Gasteiger partial charge < -0.3 is 4.74 Å². The van der Waals surface area contributed by atoms with Gasteiger partial charge in [0.15, 0.2) is 11.6 Å². The Morgan fingerprint density at radius 3 is 2.84 bits per heavy atom. The summed E-state index contributed by atoms with van der Waals surface area (Å²) >= 11 is 9.01. The molecule has 0 saturated heterocycles. The lowest BCUT2D eigenvalue weighted by Gasteiger charge is -2.08. The van der Waals surface area contributed by atoms with Gasteiger partial charge in [-0.15, -0.1) is 0 Å². The van der Waals surface area contributed by atoms with Crippen LogP contribution in [0.15, 0.2) is 28.9 Å². The maximum Gasteiger partial charge on any atom is 0.223 e. The Hall–Kier alpha value is -1.20. The Morgan fingerprint density at radius 1 is 1.32 bits per heavy atom. The second-order valence-electron chi connectivity index (χ2n) is 4.32. The monoisotopic (exact) mass is 342 g/mol.